The number of unbranched alkanes of at least 4 members (excludes halogenated alkanes) is 1. The largest absolute Gasteiger partial charge is 0.412 e. The number of allylic oxidation sites excluding steroid dienone is 2. The first-order valence-corrected chi connectivity index (χ1v) is 6.34. The molecule has 0 fully saturated rings. The molecule has 0 aliphatic rings. The lowest BCUT2D eigenvalue weighted by atomic mass is 10.0. The van der Waals surface area contributed by atoms with Gasteiger partial charge in [-0.05, 0) is 31.2 Å². The van der Waals surface area contributed by atoms with Crippen molar-refractivity contribution in [2.24, 2.45) is 0 Å². The number of rotatable bonds is 6. The molecule has 0 heterocycles. The molecular formula is C15H19F3. The summed E-state index contributed by atoms with van der Waals surface area (Å²) in [6.45, 7) is 1.90. The van der Waals surface area contributed by atoms with Crippen LogP contribution < -0.4 is 0 Å². The standard InChI is InChI=1S/C15H19F3/c1-2-3-11-14(15(16,17)18)12-7-10-13-8-5-4-6-9-13/h4-6,8-9,12H,2-3,7,10-11H2,1H3/b14-12+. The Balaban J connectivity index is 2.55. The van der Waals surface area contributed by atoms with Crippen LogP contribution in [0.25, 0.3) is 0 Å². The average Bonchev–Trinajstić information content (AvgIpc) is 2.33. The van der Waals surface area contributed by atoms with E-state index >= 15 is 0 Å². The van der Waals surface area contributed by atoms with E-state index in [1.54, 1.807) is 0 Å². The van der Waals surface area contributed by atoms with E-state index in [1.165, 1.54) is 6.08 Å². The van der Waals surface area contributed by atoms with Gasteiger partial charge in [-0.3, -0.25) is 0 Å². The average molecular weight is 256 g/mol. The van der Waals surface area contributed by atoms with Gasteiger partial charge >= 0.3 is 6.18 Å². The molecule has 0 unspecified atom stereocenters. The van der Waals surface area contributed by atoms with E-state index in [4.69, 9.17) is 0 Å². The van der Waals surface area contributed by atoms with E-state index in [9.17, 15) is 13.2 Å². The van der Waals surface area contributed by atoms with E-state index in [1.807, 2.05) is 37.3 Å². The van der Waals surface area contributed by atoms with Crippen LogP contribution in [0.15, 0.2) is 42.0 Å². The first kappa shape index (κ1) is 14.8. The number of hydrogen-bond acceptors (Lipinski definition) is 0. The molecule has 0 aliphatic carbocycles. The zero-order chi connectivity index (χ0) is 13.4. The minimum atomic E-state index is -4.17. The van der Waals surface area contributed by atoms with Gasteiger partial charge in [0.15, 0.2) is 0 Å². The molecule has 1 aromatic carbocycles. The second-order valence-electron chi connectivity index (χ2n) is 4.35. The summed E-state index contributed by atoms with van der Waals surface area (Å²) >= 11 is 0. The number of aryl methyl sites for hydroxylation is 1. The third-order valence-corrected chi connectivity index (χ3v) is 2.83. The Kier molecular flexibility index (Phi) is 5.96. The Labute approximate surface area is 107 Å². The molecule has 3 heteroatoms. The quantitative estimate of drug-likeness (QED) is 0.606. The molecule has 0 atom stereocenters. The minimum Gasteiger partial charge on any atom is -0.166 e. The van der Waals surface area contributed by atoms with Crippen LogP contribution >= 0.6 is 0 Å². The molecule has 0 aliphatic heterocycles. The monoisotopic (exact) mass is 256 g/mol. The SMILES string of the molecule is CCCC/C(=C\CCc1ccccc1)C(F)(F)F. The Bertz CT molecular complexity index is 363. The third kappa shape index (κ3) is 5.39. The van der Waals surface area contributed by atoms with Crippen molar-refractivity contribution in [3.63, 3.8) is 0 Å². The zero-order valence-electron chi connectivity index (χ0n) is 10.6. The van der Waals surface area contributed by atoms with Gasteiger partial charge in [-0.2, -0.15) is 13.2 Å². The fourth-order valence-corrected chi connectivity index (χ4v) is 1.78. The smallest absolute Gasteiger partial charge is 0.166 e. The van der Waals surface area contributed by atoms with Crippen LogP contribution in [0.4, 0.5) is 13.2 Å². The highest BCUT2D eigenvalue weighted by atomic mass is 19.4. The van der Waals surface area contributed by atoms with Crippen LogP contribution in [-0.2, 0) is 6.42 Å². The highest BCUT2D eigenvalue weighted by Gasteiger charge is 2.32. The van der Waals surface area contributed by atoms with Crippen molar-refractivity contribution in [3.8, 4) is 0 Å². The molecule has 0 spiro atoms. The third-order valence-electron chi connectivity index (χ3n) is 2.83. The molecule has 0 saturated heterocycles. The van der Waals surface area contributed by atoms with Gasteiger partial charge in [-0.25, -0.2) is 0 Å². The number of hydrogen-bond donors (Lipinski definition) is 0. The minimum absolute atomic E-state index is 0.134. The van der Waals surface area contributed by atoms with Crippen LogP contribution in [-0.4, -0.2) is 6.18 Å². The molecule has 0 aromatic heterocycles. The van der Waals surface area contributed by atoms with Crippen molar-refractivity contribution in [3.05, 3.63) is 47.5 Å². The van der Waals surface area contributed by atoms with Gasteiger partial charge in [0, 0.05) is 5.57 Å². The maximum atomic E-state index is 12.7. The van der Waals surface area contributed by atoms with Gasteiger partial charge < -0.3 is 0 Å². The van der Waals surface area contributed by atoms with Crippen molar-refractivity contribution in [1.29, 1.82) is 0 Å². The van der Waals surface area contributed by atoms with Crippen LogP contribution in [0.2, 0.25) is 0 Å². The van der Waals surface area contributed by atoms with Crippen molar-refractivity contribution in [2.45, 2.75) is 45.2 Å². The summed E-state index contributed by atoms with van der Waals surface area (Å²) in [5.74, 6) is 0. The molecule has 1 rings (SSSR count). The fraction of sp³-hybridized carbons (Fsp3) is 0.467. The van der Waals surface area contributed by atoms with Crippen molar-refractivity contribution in [1.82, 2.24) is 0 Å². The molecule has 0 amide bonds. The maximum absolute atomic E-state index is 12.7. The lowest BCUT2D eigenvalue weighted by molar-refractivity contribution is -0.0944. The Hall–Kier alpha value is -1.25. The summed E-state index contributed by atoms with van der Waals surface area (Å²) < 4.78 is 38.1. The maximum Gasteiger partial charge on any atom is 0.412 e. The van der Waals surface area contributed by atoms with Gasteiger partial charge in [-0.15, -0.1) is 0 Å². The normalized spacial score (nSPS) is 12.8. The van der Waals surface area contributed by atoms with E-state index in [0.29, 0.717) is 19.3 Å². The Morgan fingerprint density at radius 1 is 1.17 bits per heavy atom. The van der Waals surface area contributed by atoms with E-state index in [2.05, 4.69) is 0 Å². The van der Waals surface area contributed by atoms with Crippen LogP contribution in [0.1, 0.15) is 38.2 Å². The summed E-state index contributed by atoms with van der Waals surface area (Å²) in [4.78, 5) is 0. The number of benzene rings is 1. The molecular weight excluding hydrogens is 237 g/mol. The highest BCUT2D eigenvalue weighted by molar-refractivity contribution is 5.16. The van der Waals surface area contributed by atoms with E-state index < -0.39 is 6.18 Å². The molecule has 0 radical (unpaired) electrons. The summed E-state index contributed by atoms with van der Waals surface area (Å²) in [6, 6.07) is 9.59. The first-order chi connectivity index (χ1) is 8.54. The van der Waals surface area contributed by atoms with Crippen molar-refractivity contribution < 1.29 is 13.2 Å². The zero-order valence-corrected chi connectivity index (χ0v) is 10.6. The van der Waals surface area contributed by atoms with E-state index in [-0.39, 0.29) is 12.0 Å². The molecule has 18 heavy (non-hydrogen) atoms. The predicted octanol–water partition coefficient (Wildman–Crippen LogP) is 5.30. The second kappa shape index (κ2) is 7.24. The number of halogens is 3. The predicted molar refractivity (Wildman–Crippen MR) is 68.4 cm³/mol. The van der Waals surface area contributed by atoms with Crippen LogP contribution in [0, 0.1) is 0 Å². The van der Waals surface area contributed by atoms with Crippen molar-refractivity contribution in [2.75, 3.05) is 0 Å². The van der Waals surface area contributed by atoms with Gasteiger partial charge in [0.2, 0.25) is 0 Å². The second-order valence-corrected chi connectivity index (χ2v) is 4.35. The van der Waals surface area contributed by atoms with Gasteiger partial charge in [0.05, 0.1) is 0 Å². The summed E-state index contributed by atoms with van der Waals surface area (Å²) in [5, 5.41) is 0. The fourth-order valence-electron chi connectivity index (χ4n) is 1.78. The lowest BCUT2D eigenvalue weighted by Crippen LogP contribution is -2.12. The summed E-state index contributed by atoms with van der Waals surface area (Å²) in [6.07, 6.45) is -0.207. The van der Waals surface area contributed by atoms with E-state index in [0.717, 1.165) is 12.0 Å². The molecule has 0 nitrogen and oxygen atoms in total. The molecule has 0 bridgehead atoms. The number of alkyl halides is 3. The van der Waals surface area contributed by atoms with Gasteiger partial charge in [-0.1, -0.05) is 49.8 Å². The lowest BCUT2D eigenvalue weighted by Gasteiger charge is -2.11. The molecule has 1 aromatic rings. The van der Waals surface area contributed by atoms with Crippen molar-refractivity contribution >= 4 is 0 Å². The topological polar surface area (TPSA) is 0 Å². The highest BCUT2D eigenvalue weighted by Crippen LogP contribution is 2.30. The van der Waals surface area contributed by atoms with Gasteiger partial charge in [0.25, 0.3) is 0 Å². The Morgan fingerprint density at radius 2 is 1.83 bits per heavy atom. The molecule has 100 valence electrons. The summed E-state index contributed by atoms with van der Waals surface area (Å²) in [7, 11) is 0. The van der Waals surface area contributed by atoms with Crippen LogP contribution in [0.3, 0.4) is 0 Å². The molecule has 0 N–H and O–H groups in total. The summed E-state index contributed by atoms with van der Waals surface area (Å²) in [5.41, 5.74) is 0.700. The molecule has 0 saturated carbocycles. The Morgan fingerprint density at radius 3 is 2.39 bits per heavy atom. The van der Waals surface area contributed by atoms with Crippen LogP contribution in [0.5, 0.6) is 0 Å². The van der Waals surface area contributed by atoms with Gasteiger partial charge in [0.1, 0.15) is 0 Å². The first-order valence-electron chi connectivity index (χ1n) is 6.34.